The number of fused-ring (bicyclic) bond motifs is 1. The summed E-state index contributed by atoms with van der Waals surface area (Å²) in [6.45, 7) is -0.144. The molecule has 5 heteroatoms. The van der Waals surface area contributed by atoms with Crippen LogP contribution >= 0.6 is 27.5 Å². The van der Waals surface area contributed by atoms with Gasteiger partial charge in [-0.05, 0) is 35.7 Å². The summed E-state index contributed by atoms with van der Waals surface area (Å²) in [5, 5.41) is 11.6. The lowest BCUT2D eigenvalue weighted by Gasteiger charge is -2.11. The number of pyridine rings is 1. The van der Waals surface area contributed by atoms with Crippen molar-refractivity contribution in [3.63, 3.8) is 0 Å². The lowest BCUT2D eigenvalue weighted by Crippen LogP contribution is -1.95. The topological polar surface area (TPSA) is 42.4 Å². The Labute approximate surface area is 135 Å². The molecule has 3 rings (SSSR count). The molecule has 0 aliphatic rings. The monoisotopic (exact) mass is 363 g/mol. The van der Waals surface area contributed by atoms with E-state index in [1.54, 1.807) is 12.1 Å². The van der Waals surface area contributed by atoms with Gasteiger partial charge in [0, 0.05) is 9.86 Å². The molecule has 0 unspecified atom stereocenters. The van der Waals surface area contributed by atoms with E-state index in [1.807, 2.05) is 36.4 Å². The Morgan fingerprint density at radius 1 is 1.14 bits per heavy atom. The highest BCUT2D eigenvalue weighted by atomic mass is 79.9. The highest BCUT2D eigenvalue weighted by molar-refractivity contribution is 9.10. The summed E-state index contributed by atoms with van der Waals surface area (Å²) in [5.41, 5.74) is 0.553. The largest absolute Gasteiger partial charge is 0.437 e. The van der Waals surface area contributed by atoms with Crippen LogP contribution in [0.25, 0.3) is 10.8 Å². The second-order valence-electron chi connectivity index (χ2n) is 4.47. The van der Waals surface area contributed by atoms with Gasteiger partial charge in [-0.25, -0.2) is 4.98 Å². The normalized spacial score (nSPS) is 10.8. The number of hydrogen-bond donors (Lipinski definition) is 1. The molecular formula is C16H11BrClNO2. The molecule has 0 atom stereocenters. The van der Waals surface area contributed by atoms with Gasteiger partial charge in [0.2, 0.25) is 5.88 Å². The molecule has 1 N–H and O–H groups in total. The third-order valence-electron chi connectivity index (χ3n) is 3.02. The summed E-state index contributed by atoms with van der Waals surface area (Å²) < 4.78 is 6.72. The molecule has 106 valence electrons. The Morgan fingerprint density at radius 2 is 1.95 bits per heavy atom. The Kier molecular flexibility index (Phi) is 4.10. The van der Waals surface area contributed by atoms with Crippen molar-refractivity contribution < 1.29 is 9.84 Å². The van der Waals surface area contributed by atoms with Crippen LogP contribution < -0.4 is 4.74 Å². The minimum atomic E-state index is -0.144. The lowest BCUT2D eigenvalue weighted by molar-refractivity contribution is 0.275. The highest BCUT2D eigenvalue weighted by Gasteiger charge is 2.10. The first-order chi connectivity index (χ1) is 10.2. The molecule has 0 radical (unpaired) electrons. The predicted octanol–water partition coefficient (Wildman–Crippen LogP) is 4.94. The fourth-order valence-corrected chi connectivity index (χ4v) is 2.75. The van der Waals surface area contributed by atoms with Crippen LogP contribution in [0.5, 0.6) is 11.6 Å². The maximum atomic E-state index is 9.33. The van der Waals surface area contributed by atoms with E-state index in [4.69, 9.17) is 16.3 Å². The van der Waals surface area contributed by atoms with Crippen LogP contribution in [0.3, 0.4) is 0 Å². The molecule has 0 bridgehead atoms. The number of rotatable bonds is 3. The number of aromatic nitrogens is 1. The van der Waals surface area contributed by atoms with Gasteiger partial charge >= 0.3 is 0 Å². The van der Waals surface area contributed by atoms with E-state index in [2.05, 4.69) is 20.9 Å². The van der Waals surface area contributed by atoms with Crippen LogP contribution in [0.2, 0.25) is 5.02 Å². The third-order valence-corrected chi connectivity index (χ3v) is 3.81. The zero-order chi connectivity index (χ0) is 14.8. The van der Waals surface area contributed by atoms with Gasteiger partial charge in [-0.2, -0.15) is 0 Å². The number of ether oxygens (including phenoxy) is 1. The lowest BCUT2D eigenvalue weighted by atomic mass is 10.1. The van der Waals surface area contributed by atoms with E-state index in [1.165, 1.54) is 0 Å². The zero-order valence-corrected chi connectivity index (χ0v) is 13.2. The Morgan fingerprint density at radius 3 is 2.71 bits per heavy atom. The van der Waals surface area contributed by atoms with Crippen molar-refractivity contribution in [3.8, 4) is 11.6 Å². The first-order valence-electron chi connectivity index (χ1n) is 6.30. The van der Waals surface area contributed by atoms with Crippen molar-refractivity contribution in [2.24, 2.45) is 0 Å². The number of benzene rings is 2. The van der Waals surface area contributed by atoms with Crippen molar-refractivity contribution in [3.05, 3.63) is 63.7 Å². The second-order valence-corrected chi connectivity index (χ2v) is 5.80. The SMILES string of the molecule is OCc1cc2ccccc2c(Oc2ccc(Br)cc2Cl)n1. The van der Waals surface area contributed by atoms with E-state index in [0.29, 0.717) is 22.3 Å². The summed E-state index contributed by atoms with van der Waals surface area (Å²) in [6, 6.07) is 14.9. The van der Waals surface area contributed by atoms with Crippen molar-refractivity contribution >= 4 is 38.3 Å². The van der Waals surface area contributed by atoms with Gasteiger partial charge in [-0.15, -0.1) is 0 Å². The van der Waals surface area contributed by atoms with Gasteiger partial charge in [-0.1, -0.05) is 45.7 Å². The molecule has 0 spiro atoms. The van der Waals surface area contributed by atoms with E-state index in [9.17, 15) is 5.11 Å². The van der Waals surface area contributed by atoms with Gasteiger partial charge in [0.25, 0.3) is 0 Å². The number of halogens is 2. The number of nitrogens with zero attached hydrogens (tertiary/aromatic N) is 1. The van der Waals surface area contributed by atoms with Crippen LogP contribution in [-0.2, 0) is 6.61 Å². The highest BCUT2D eigenvalue weighted by Crippen LogP contribution is 2.34. The minimum Gasteiger partial charge on any atom is -0.437 e. The molecule has 0 fully saturated rings. The third kappa shape index (κ3) is 3.02. The average molecular weight is 365 g/mol. The van der Waals surface area contributed by atoms with Gasteiger partial charge in [0.05, 0.1) is 17.3 Å². The number of aliphatic hydroxyl groups is 1. The van der Waals surface area contributed by atoms with Crippen molar-refractivity contribution in [1.29, 1.82) is 0 Å². The Bertz CT molecular complexity index is 807. The molecular weight excluding hydrogens is 354 g/mol. The minimum absolute atomic E-state index is 0.144. The second kappa shape index (κ2) is 6.02. The number of hydrogen-bond acceptors (Lipinski definition) is 3. The maximum absolute atomic E-state index is 9.33. The van der Waals surface area contributed by atoms with E-state index in [0.717, 1.165) is 15.2 Å². The molecule has 1 heterocycles. The fourth-order valence-electron chi connectivity index (χ4n) is 2.04. The van der Waals surface area contributed by atoms with Gasteiger partial charge in [0.15, 0.2) is 0 Å². The molecule has 0 saturated heterocycles. The summed E-state index contributed by atoms with van der Waals surface area (Å²) >= 11 is 9.53. The van der Waals surface area contributed by atoms with Crippen molar-refractivity contribution in [1.82, 2.24) is 4.98 Å². The quantitative estimate of drug-likeness (QED) is 0.716. The molecule has 3 aromatic rings. The van der Waals surface area contributed by atoms with Crippen LogP contribution in [0.4, 0.5) is 0 Å². The van der Waals surface area contributed by atoms with Gasteiger partial charge in [0.1, 0.15) is 5.75 Å². The van der Waals surface area contributed by atoms with Crippen molar-refractivity contribution in [2.75, 3.05) is 0 Å². The summed E-state index contributed by atoms with van der Waals surface area (Å²) in [6.07, 6.45) is 0. The zero-order valence-electron chi connectivity index (χ0n) is 10.9. The molecule has 0 aliphatic carbocycles. The van der Waals surface area contributed by atoms with E-state index < -0.39 is 0 Å². The van der Waals surface area contributed by atoms with Crippen LogP contribution in [0.15, 0.2) is 53.0 Å². The average Bonchev–Trinajstić information content (AvgIpc) is 2.49. The van der Waals surface area contributed by atoms with Crippen LogP contribution in [0, 0.1) is 0 Å². The molecule has 0 saturated carbocycles. The van der Waals surface area contributed by atoms with Crippen LogP contribution in [-0.4, -0.2) is 10.1 Å². The molecule has 0 amide bonds. The standard InChI is InChI=1S/C16H11BrClNO2/c17-11-5-6-15(14(18)8-11)21-16-13-4-2-1-3-10(13)7-12(9-20)19-16/h1-8,20H,9H2. The van der Waals surface area contributed by atoms with Crippen molar-refractivity contribution in [2.45, 2.75) is 6.61 Å². The molecule has 1 aromatic heterocycles. The first kappa shape index (κ1) is 14.3. The van der Waals surface area contributed by atoms with E-state index >= 15 is 0 Å². The summed E-state index contributed by atoms with van der Waals surface area (Å²) in [4.78, 5) is 4.34. The van der Waals surface area contributed by atoms with Gasteiger partial charge < -0.3 is 9.84 Å². The fraction of sp³-hybridized carbons (Fsp3) is 0.0625. The molecule has 21 heavy (non-hydrogen) atoms. The predicted molar refractivity (Wildman–Crippen MR) is 86.9 cm³/mol. The van der Waals surface area contributed by atoms with Gasteiger partial charge in [-0.3, -0.25) is 0 Å². The number of aliphatic hydroxyl groups excluding tert-OH is 1. The van der Waals surface area contributed by atoms with E-state index in [-0.39, 0.29) is 6.61 Å². The Hall–Kier alpha value is -1.62. The first-order valence-corrected chi connectivity index (χ1v) is 7.47. The molecule has 3 nitrogen and oxygen atoms in total. The summed E-state index contributed by atoms with van der Waals surface area (Å²) in [5.74, 6) is 0.953. The molecule has 2 aromatic carbocycles. The van der Waals surface area contributed by atoms with Crippen LogP contribution in [0.1, 0.15) is 5.69 Å². The smallest absolute Gasteiger partial charge is 0.227 e. The molecule has 0 aliphatic heterocycles. The summed E-state index contributed by atoms with van der Waals surface area (Å²) in [7, 11) is 0. The maximum Gasteiger partial charge on any atom is 0.227 e. The Balaban J connectivity index is 2.10.